The summed E-state index contributed by atoms with van der Waals surface area (Å²) in [7, 11) is 0. The van der Waals surface area contributed by atoms with E-state index in [4.69, 9.17) is 5.73 Å². The molecule has 2 nitrogen and oxygen atoms in total. The molecule has 97 valence electrons. The molecule has 1 aliphatic heterocycles. The van der Waals surface area contributed by atoms with Gasteiger partial charge in [0.05, 0.1) is 0 Å². The first-order valence-corrected chi connectivity index (χ1v) is 7.14. The molecule has 1 saturated heterocycles. The minimum Gasteiger partial charge on any atom is -0.328 e. The maximum absolute atomic E-state index is 5.89. The fraction of sp³-hybridized carbons (Fsp3) is 0.625. The van der Waals surface area contributed by atoms with Crippen molar-refractivity contribution in [1.82, 2.24) is 4.90 Å². The topological polar surface area (TPSA) is 29.3 Å². The quantitative estimate of drug-likeness (QED) is 0.864. The summed E-state index contributed by atoms with van der Waals surface area (Å²) in [5, 5.41) is 0. The first-order valence-electron chi connectivity index (χ1n) is 7.14. The van der Waals surface area contributed by atoms with Crippen LogP contribution in [0.3, 0.4) is 0 Å². The third-order valence-electron chi connectivity index (χ3n) is 4.93. The second kappa shape index (κ2) is 4.67. The Bertz CT molecular complexity index is 387. The van der Waals surface area contributed by atoms with Crippen LogP contribution in [0.5, 0.6) is 0 Å². The maximum atomic E-state index is 5.89. The van der Waals surface area contributed by atoms with Crippen LogP contribution in [0.1, 0.15) is 38.2 Å². The van der Waals surface area contributed by atoms with Crippen LogP contribution in [0.4, 0.5) is 0 Å². The van der Waals surface area contributed by atoms with Crippen LogP contribution in [-0.4, -0.2) is 30.1 Å². The summed E-state index contributed by atoms with van der Waals surface area (Å²) in [4.78, 5) is 2.65. The van der Waals surface area contributed by atoms with Crippen LogP contribution >= 0.6 is 0 Å². The zero-order valence-corrected chi connectivity index (χ0v) is 11.2. The van der Waals surface area contributed by atoms with Gasteiger partial charge in [0.25, 0.3) is 0 Å². The molecule has 2 N–H and O–H groups in total. The van der Waals surface area contributed by atoms with Gasteiger partial charge in [-0.3, -0.25) is 0 Å². The molecule has 1 aliphatic carbocycles. The maximum Gasteiger partial charge on any atom is 0.0125 e. The average molecular weight is 243 g/mol. The van der Waals surface area contributed by atoms with Crippen LogP contribution in [0, 0.1) is 6.07 Å². The molecule has 0 amide bonds. The van der Waals surface area contributed by atoms with Gasteiger partial charge in [0.2, 0.25) is 0 Å². The number of likely N-dealkylation sites (tertiary alicyclic amines) is 1. The second-order valence-electron chi connectivity index (χ2n) is 6.26. The summed E-state index contributed by atoms with van der Waals surface area (Å²) in [6.07, 6.45) is 4.90. The Labute approximate surface area is 110 Å². The zero-order valence-electron chi connectivity index (χ0n) is 11.2. The Morgan fingerprint density at radius 1 is 1.28 bits per heavy atom. The SMILES string of the molecule is CC1(c2[c]cccc2)CCN([C@H]2C[C@@H](N)C2)CC1. The smallest absolute Gasteiger partial charge is 0.0125 e. The van der Waals surface area contributed by atoms with E-state index in [1.807, 2.05) is 6.07 Å². The fourth-order valence-corrected chi connectivity index (χ4v) is 3.35. The standard InChI is InChI=1S/C16H23N2/c1-16(13-5-3-2-4-6-13)7-9-18(10-8-16)15-11-14(17)12-15/h2-5,14-15H,7-12,17H2,1H3/t14-,15+. The van der Waals surface area contributed by atoms with Crippen molar-refractivity contribution in [2.45, 2.75) is 50.1 Å². The van der Waals surface area contributed by atoms with E-state index in [-0.39, 0.29) is 0 Å². The summed E-state index contributed by atoms with van der Waals surface area (Å²) in [5.41, 5.74) is 7.60. The molecule has 1 radical (unpaired) electrons. The number of nitrogens with two attached hydrogens (primary N) is 1. The molecule has 1 aromatic carbocycles. The molecule has 1 heterocycles. The van der Waals surface area contributed by atoms with Gasteiger partial charge in [0.1, 0.15) is 0 Å². The molecule has 2 heteroatoms. The highest BCUT2D eigenvalue weighted by atomic mass is 15.2. The molecular weight excluding hydrogens is 220 g/mol. The molecule has 0 unspecified atom stereocenters. The molecule has 0 bridgehead atoms. The van der Waals surface area contributed by atoms with Gasteiger partial charge in [0.15, 0.2) is 0 Å². The minimum atomic E-state index is 0.323. The number of rotatable bonds is 2. The number of hydrogen-bond donors (Lipinski definition) is 1. The van der Waals surface area contributed by atoms with Gasteiger partial charge >= 0.3 is 0 Å². The highest BCUT2D eigenvalue weighted by Gasteiger charge is 2.37. The van der Waals surface area contributed by atoms with Crippen LogP contribution in [0.15, 0.2) is 24.3 Å². The molecule has 2 aliphatic rings. The number of benzene rings is 1. The van der Waals surface area contributed by atoms with Gasteiger partial charge in [-0.15, -0.1) is 0 Å². The van der Waals surface area contributed by atoms with Crippen molar-refractivity contribution in [2.75, 3.05) is 13.1 Å². The monoisotopic (exact) mass is 243 g/mol. The van der Waals surface area contributed by atoms with E-state index in [1.54, 1.807) is 0 Å². The van der Waals surface area contributed by atoms with Crippen molar-refractivity contribution in [2.24, 2.45) is 5.73 Å². The minimum absolute atomic E-state index is 0.323. The van der Waals surface area contributed by atoms with Crippen LogP contribution in [0.25, 0.3) is 0 Å². The predicted molar refractivity (Wildman–Crippen MR) is 74.4 cm³/mol. The van der Waals surface area contributed by atoms with E-state index in [1.165, 1.54) is 44.3 Å². The number of hydrogen-bond acceptors (Lipinski definition) is 2. The third kappa shape index (κ3) is 2.19. The van der Waals surface area contributed by atoms with Crippen LogP contribution in [-0.2, 0) is 5.41 Å². The summed E-state index contributed by atoms with van der Waals surface area (Å²) in [5.74, 6) is 0. The summed E-state index contributed by atoms with van der Waals surface area (Å²) < 4.78 is 0. The first-order chi connectivity index (χ1) is 8.67. The lowest BCUT2D eigenvalue weighted by molar-refractivity contribution is 0.0662. The number of nitrogens with zero attached hydrogens (tertiary/aromatic N) is 1. The van der Waals surface area contributed by atoms with Gasteiger partial charge in [-0.05, 0) is 55.8 Å². The van der Waals surface area contributed by atoms with Crippen molar-refractivity contribution in [3.63, 3.8) is 0 Å². The van der Waals surface area contributed by atoms with E-state index >= 15 is 0 Å². The van der Waals surface area contributed by atoms with E-state index < -0.39 is 0 Å². The van der Waals surface area contributed by atoms with E-state index in [0.29, 0.717) is 11.5 Å². The van der Waals surface area contributed by atoms with Crippen molar-refractivity contribution in [1.29, 1.82) is 0 Å². The number of piperidine rings is 1. The Balaban J connectivity index is 1.62. The molecule has 3 rings (SSSR count). The molecular formula is C16H23N2. The molecule has 0 spiro atoms. The molecule has 1 saturated carbocycles. The van der Waals surface area contributed by atoms with E-state index in [0.717, 1.165) is 6.04 Å². The molecule has 0 aromatic heterocycles. The largest absolute Gasteiger partial charge is 0.328 e. The lowest BCUT2D eigenvalue weighted by Crippen LogP contribution is -2.54. The van der Waals surface area contributed by atoms with Gasteiger partial charge in [-0.25, -0.2) is 0 Å². The molecule has 18 heavy (non-hydrogen) atoms. The van der Waals surface area contributed by atoms with Gasteiger partial charge in [0, 0.05) is 12.1 Å². The average Bonchev–Trinajstić information content (AvgIpc) is 2.38. The highest BCUT2D eigenvalue weighted by molar-refractivity contribution is 5.24. The second-order valence-corrected chi connectivity index (χ2v) is 6.26. The summed E-state index contributed by atoms with van der Waals surface area (Å²) in [6, 6.07) is 13.1. The van der Waals surface area contributed by atoms with Gasteiger partial charge in [-0.1, -0.05) is 31.2 Å². The molecule has 0 atom stereocenters. The van der Waals surface area contributed by atoms with Crippen molar-refractivity contribution in [3.8, 4) is 0 Å². The predicted octanol–water partition coefficient (Wildman–Crippen LogP) is 2.33. The zero-order chi connectivity index (χ0) is 12.6. The fourth-order valence-electron chi connectivity index (χ4n) is 3.35. The molecule has 1 aromatic rings. The highest BCUT2D eigenvalue weighted by Crippen LogP contribution is 2.37. The normalized spacial score (nSPS) is 31.9. The van der Waals surface area contributed by atoms with Crippen molar-refractivity contribution in [3.05, 3.63) is 35.9 Å². The van der Waals surface area contributed by atoms with E-state index in [2.05, 4.69) is 36.1 Å². The Kier molecular flexibility index (Phi) is 3.16. The van der Waals surface area contributed by atoms with Gasteiger partial charge in [-0.2, -0.15) is 0 Å². The van der Waals surface area contributed by atoms with Crippen LogP contribution in [0.2, 0.25) is 0 Å². The Hall–Kier alpha value is -0.860. The van der Waals surface area contributed by atoms with Crippen molar-refractivity contribution < 1.29 is 0 Å². The lowest BCUT2D eigenvalue weighted by atomic mass is 9.73. The summed E-state index contributed by atoms with van der Waals surface area (Å²) >= 11 is 0. The Morgan fingerprint density at radius 2 is 2.00 bits per heavy atom. The third-order valence-corrected chi connectivity index (χ3v) is 4.93. The summed E-state index contributed by atoms with van der Waals surface area (Å²) in [6.45, 7) is 4.83. The van der Waals surface area contributed by atoms with Gasteiger partial charge < -0.3 is 10.6 Å². The van der Waals surface area contributed by atoms with Crippen LogP contribution < -0.4 is 5.73 Å². The lowest BCUT2D eigenvalue weighted by Gasteiger charge is -2.47. The first kappa shape index (κ1) is 12.2. The Morgan fingerprint density at radius 3 is 2.56 bits per heavy atom. The molecule has 2 fully saturated rings. The van der Waals surface area contributed by atoms with E-state index in [9.17, 15) is 0 Å². The van der Waals surface area contributed by atoms with Crippen molar-refractivity contribution >= 4 is 0 Å².